The topological polar surface area (TPSA) is 106 Å². The molecule has 0 radical (unpaired) electrons. The molecule has 0 heterocycles. The van der Waals surface area contributed by atoms with Crippen LogP contribution in [0.15, 0.2) is 23.4 Å². The van der Waals surface area contributed by atoms with E-state index >= 15 is 0 Å². The number of amides is 1. The lowest BCUT2D eigenvalue weighted by Crippen LogP contribution is -2.44. The first-order valence-electron chi connectivity index (χ1n) is 6.44. The number of carbonyl (C=O) groups excluding carboxylic acids is 1. The van der Waals surface area contributed by atoms with Crippen molar-refractivity contribution in [3.8, 4) is 11.5 Å². The van der Waals surface area contributed by atoms with Crippen LogP contribution in [-0.2, 0) is 4.79 Å². The Hall–Kier alpha value is -2.44. The van der Waals surface area contributed by atoms with Gasteiger partial charge in [-0.05, 0) is 25.5 Å². The van der Waals surface area contributed by atoms with E-state index in [9.17, 15) is 4.79 Å². The number of benzene rings is 1. The third-order valence-corrected chi connectivity index (χ3v) is 3.52. The van der Waals surface area contributed by atoms with E-state index < -0.39 is 5.41 Å². The van der Waals surface area contributed by atoms with Crippen LogP contribution < -0.4 is 20.5 Å². The summed E-state index contributed by atoms with van der Waals surface area (Å²) in [5.41, 5.74) is 5.05. The fourth-order valence-corrected chi connectivity index (χ4v) is 1.75. The van der Waals surface area contributed by atoms with Crippen molar-refractivity contribution in [2.75, 3.05) is 19.5 Å². The van der Waals surface area contributed by atoms with Gasteiger partial charge in [-0.3, -0.25) is 4.79 Å². The Kier molecular flexibility index (Phi) is 5.40. The van der Waals surface area contributed by atoms with Crippen molar-refractivity contribution in [2.24, 2.45) is 16.3 Å². The maximum atomic E-state index is 12.4. The smallest absolute Gasteiger partial charge is 0.238 e. The van der Waals surface area contributed by atoms with Crippen LogP contribution in [0.5, 0.6) is 11.5 Å². The molecule has 1 atom stereocenters. The van der Waals surface area contributed by atoms with E-state index in [-0.39, 0.29) is 11.7 Å². The highest BCUT2D eigenvalue weighted by Gasteiger charge is 2.36. The number of carbonyl (C=O) groups is 1. The lowest BCUT2D eigenvalue weighted by atomic mass is 9.85. The Balaban J connectivity index is 3.02. The zero-order valence-electron chi connectivity index (χ0n) is 12.6. The molecule has 0 aliphatic rings. The number of amidine groups is 1. The molecule has 1 aromatic rings. The number of nitrogens with one attached hydrogen (secondary N) is 1. The van der Waals surface area contributed by atoms with Gasteiger partial charge >= 0.3 is 0 Å². The van der Waals surface area contributed by atoms with Crippen LogP contribution in [-0.4, -0.2) is 31.2 Å². The number of nitrogens with two attached hydrogens (primary N) is 1. The van der Waals surface area contributed by atoms with Crippen LogP contribution in [0.1, 0.15) is 20.3 Å². The van der Waals surface area contributed by atoms with Gasteiger partial charge in [0.15, 0.2) is 17.3 Å². The van der Waals surface area contributed by atoms with E-state index in [2.05, 4.69) is 10.5 Å². The lowest BCUT2D eigenvalue weighted by molar-refractivity contribution is -0.121. The van der Waals surface area contributed by atoms with Gasteiger partial charge in [-0.25, -0.2) is 0 Å². The molecular weight excluding hydrogens is 274 g/mol. The molecule has 21 heavy (non-hydrogen) atoms. The summed E-state index contributed by atoms with van der Waals surface area (Å²) >= 11 is 0. The van der Waals surface area contributed by atoms with E-state index in [0.717, 1.165) is 0 Å². The number of nitrogens with zero attached hydrogens (tertiary/aromatic N) is 1. The molecule has 0 saturated heterocycles. The predicted octanol–water partition coefficient (Wildman–Crippen LogP) is 1.80. The minimum absolute atomic E-state index is 0.136. The minimum atomic E-state index is -1.10. The van der Waals surface area contributed by atoms with Gasteiger partial charge in [0.25, 0.3) is 0 Å². The maximum absolute atomic E-state index is 12.4. The van der Waals surface area contributed by atoms with Gasteiger partial charge < -0.3 is 25.7 Å². The van der Waals surface area contributed by atoms with Crippen LogP contribution >= 0.6 is 0 Å². The van der Waals surface area contributed by atoms with Crippen LogP contribution in [0.25, 0.3) is 0 Å². The molecule has 1 unspecified atom stereocenters. The largest absolute Gasteiger partial charge is 0.493 e. The van der Waals surface area contributed by atoms with E-state index in [1.165, 1.54) is 14.2 Å². The first-order valence-corrected chi connectivity index (χ1v) is 6.44. The molecule has 7 heteroatoms. The summed E-state index contributed by atoms with van der Waals surface area (Å²) in [6, 6.07) is 5.00. The van der Waals surface area contributed by atoms with Gasteiger partial charge in [-0.1, -0.05) is 12.1 Å². The fraction of sp³-hybridized carbons (Fsp3) is 0.429. The van der Waals surface area contributed by atoms with Gasteiger partial charge in [0.2, 0.25) is 5.91 Å². The van der Waals surface area contributed by atoms with Gasteiger partial charge in [0, 0.05) is 11.8 Å². The van der Waals surface area contributed by atoms with Crippen molar-refractivity contribution >= 4 is 17.4 Å². The molecule has 0 aliphatic carbocycles. The highest BCUT2D eigenvalue weighted by molar-refractivity contribution is 6.11. The van der Waals surface area contributed by atoms with Crippen molar-refractivity contribution in [2.45, 2.75) is 20.3 Å². The van der Waals surface area contributed by atoms with Crippen LogP contribution in [0.2, 0.25) is 0 Å². The minimum Gasteiger partial charge on any atom is -0.493 e. The summed E-state index contributed by atoms with van der Waals surface area (Å²) < 4.78 is 10.3. The van der Waals surface area contributed by atoms with Gasteiger partial charge in [0.1, 0.15) is 5.41 Å². The standard InChI is InChI=1S/C14H21N3O4/c1-5-14(2,12(15)17-19)13(18)16-9-6-7-10(20-3)11(8-9)21-4/h6-8,19H,5H2,1-4H3,(H2,15,17)(H,16,18). The van der Waals surface area contributed by atoms with Gasteiger partial charge in [0.05, 0.1) is 14.2 Å². The quantitative estimate of drug-likeness (QED) is 0.321. The SMILES string of the molecule is CCC(C)(C(=O)Nc1ccc(OC)c(OC)c1)/C(N)=N/O. The summed E-state index contributed by atoms with van der Waals surface area (Å²) in [7, 11) is 3.04. The normalized spacial score (nSPS) is 14.2. The molecule has 0 bridgehead atoms. The molecule has 0 saturated carbocycles. The van der Waals surface area contributed by atoms with E-state index in [1.54, 1.807) is 32.0 Å². The van der Waals surface area contributed by atoms with Gasteiger partial charge in [-0.2, -0.15) is 0 Å². The molecule has 4 N–H and O–H groups in total. The molecule has 0 aliphatic heterocycles. The predicted molar refractivity (Wildman–Crippen MR) is 80.0 cm³/mol. The molecule has 1 aromatic carbocycles. The first-order chi connectivity index (χ1) is 9.92. The second-order valence-electron chi connectivity index (χ2n) is 4.69. The Morgan fingerprint density at radius 1 is 1.38 bits per heavy atom. The number of hydrogen-bond acceptors (Lipinski definition) is 5. The summed E-state index contributed by atoms with van der Waals surface area (Å²) in [6.45, 7) is 3.39. The molecule has 0 fully saturated rings. The molecule has 0 aromatic heterocycles. The van der Waals surface area contributed by atoms with Gasteiger partial charge in [-0.15, -0.1) is 0 Å². The molecule has 0 spiro atoms. The zero-order valence-corrected chi connectivity index (χ0v) is 12.6. The maximum Gasteiger partial charge on any atom is 0.238 e. The Morgan fingerprint density at radius 3 is 2.48 bits per heavy atom. The van der Waals surface area contributed by atoms with E-state index in [0.29, 0.717) is 23.6 Å². The number of oxime groups is 1. The molecule has 1 amide bonds. The van der Waals surface area contributed by atoms with Crippen LogP contribution in [0.4, 0.5) is 5.69 Å². The summed E-state index contributed by atoms with van der Waals surface area (Å²) in [5.74, 6) is 0.554. The molecule has 116 valence electrons. The Labute approximate surface area is 123 Å². The van der Waals surface area contributed by atoms with Crippen molar-refractivity contribution in [3.63, 3.8) is 0 Å². The summed E-state index contributed by atoms with van der Waals surface area (Å²) in [4.78, 5) is 12.4. The third kappa shape index (κ3) is 3.36. The average molecular weight is 295 g/mol. The Bertz CT molecular complexity index is 545. The van der Waals surface area contributed by atoms with Crippen molar-refractivity contribution in [3.05, 3.63) is 18.2 Å². The molecule has 7 nitrogen and oxygen atoms in total. The first kappa shape index (κ1) is 16.6. The van der Waals surface area contributed by atoms with E-state index in [4.69, 9.17) is 20.4 Å². The number of hydrogen-bond donors (Lipinski definition) is 3. The summed E-state index contributed by atoms with van der Waals surface area (Å²) in [6.07, 6.45) is 0.391. The number of methoxy groups -OCH3 is 2. The number of ether oxygens (including phenoxy) is 2. The second-order valence-corrected chi connectivity index (χ2v) is 4.69. The zero-order chi connectivity index (χ0) is 16.0. The fourth-order valence-electron chi connectivity index (χ4n) is 1.75. The van der Waals surface area contributed by atoms with Crippen molar-refractivity contribution in [1.29, 1.82) is 0 Å². The molecular formula is C14H21N3O4. The number of rotatable bonds is 6. The lowest BCUT2D eigenvalue weighted by Gasteiger charge is -2.25. The highest BCUT2D eigenvalue weighted by atomic mass is 16.5. The van der Waals surface area contributed by atoms with Crippen LogP contribution in [0, 0.1) is 5.41 Å². The third-order valence-electron chi connectivity index (χ3n) is 3.52. The highest BCUT2D eigenvalue weighted by Crippen LogP contribution is 2.31. The van der Waals surface area contributed by atoms with Crippen LogP contribution in [0.3, 0.4) is 0 Å². The Morgan fingerprint density at radius 2 is 2.00 bits per heavy atom. The van der Waals surface area contributed by atoms with Crippen molar-refractivity contribution in [1.82, 2.24) is 0 Å². The second kappa shape index (κ2) is 6.83. The average Bonchev–Trinajstić information content (AvgIpc) is 2.52. The van der Waals surface area contributed by atoms with Crippen molar-refractivity contribution < 1.29 is 19.5 Å². The van der Waals surface area contributed by atoms with E-state index in [1.807, 2.05) is 0 Å². The monoisotopic (exact) mass is 295 g/mol. The number of anilines is 1. The molecule has 1 rings (SSSR count). The summed E-state index contributed by atoms with van der Waals surface area (Å²) in [5, 5.41) is 14.5.